The number of ether oxygens (including phenoxy) is 1. The largest absolute Gasteiger partial charge is 0.466 e. The highest BCUT2D eigenvalue weighted by Crippen LogP contribution is 2.13. The number of carbonyl (C=O) groups is 1. The van der Waals surface area contributed by atoms with Crippen molar-refractivity contribution in [2.45, 2.75) is 180 Å². The van der Waals surface area contributed by atoms with E-state index in [-0.39, 0.29) is 5.97 Å². The van der Waals surface area contributed by atoms with Crippen LogP contribution in [0.25, 0.3) is 0 Å². The Morgan fingerprint density at radius 3 is 1.39 bits per heavy atom. The van der Waals surface area contributed by atoms with Crippen molar-refractivity contribution in [2.75, 3.05) is 13.2 Å². The van der Waals surface area contributed by atoms with Gasteiger partial charge in [-0.1, -0.05) is 141 Å². The summed E-state index contributed by atoms with van der Waals surface area (Å²) >= 11 is 0. The Morgan fingerprint density at radius 1 is 0.528 bits per heavy atom. The molecule has 0 amide bonds. The Hall–Kier alpha value is -0.830. The van der Waals surface area contributed by atoms with E-state index in [1.54, 1.807) is 0 Å². The minimum atomic E-state index is 0.00575. The summed E-state index contributed by atoms with van der Waals surface area (Å²) in [6.45, 7) is 3.22. The molecule has 0 aliphatic heterocycles. The van der Waals surface area contributed by atoms with Gasteiger partial charge < -0.3 is 9.84 Å². The van der Waals surface area contributed by atoms with Crippen LogP contribution >= 0.6 is 0 Å². The third-order valence-electron chi connectivity index (χ3n) is 7.21. The van der Waals surface area contributed by atoms with Crippen LogP contribution in [-0.2, 0) is 9.53 Å². The summed E-state index contributed by atoms with van der Waals surface area (Å²) in [5.41, 5.74) is 0. The summed E-state index contributed by atoms with van der Waals surface area (Å²) in [4.78, 5) is 11.9. The van der Waals surface area contributed by atoms with Crippen molar-refractivity contribution in [3.05, 3.63) is 12.2 Å². The molecule has 0 fully saturated rings. The van der Waals surface area contributed by atoms with E-state index in [0.717, 1.165) is 19.3 Å². The Morgan fingerprint density at radius 2 is 0.917 bits per heavy atom. The molecule has 3 heteroatoms. The first-order valence-electron chi connectivity index (χ1n) is 16.2. The molecule has 0 aromatic carbocycles. The van der Waals surface area contributed by atoms with E-state index >= 15 is 0 Å². The van der Waals surface area contributed by atoms with Crippen LogP contribution in [0.3, 0.4) is 0 Å². The molecule has 214 valence electrons. The second-order valence-electron chi connectivity index (χ2n) is 10.9. The molecule has 0 aromatic heterocycles. The minimum absolute atomic E-state index is 0.00575. The molecular weight excluding hydrogens is 444 g/mol. The highest BCUT2D eigenvalue weighted by Gasteiger charge is 2.02. The lowest BCUT2D eigenvalue weighted by atomic mass is 10.1. The molecule has 0 aromatic rings. The lowest BCUT2D eigenvalue weighted by Gasteiger charge is -2.06. The maximum Gasteiger partial charge on any atom is 0.305 e. The van der Waals surface area contributed by atoms with Gasteiger partial charge in [0.2, 0.25) is 0 Å². The Labute approximate surface area is 226 Å². The zero-order chi connectivity index (χ0) is 26.2. The molecule has 3 nitrogen and oxygen atoms in total. The fourth-order valence-corrected chi connectivity index (χ4v) is 4.76. The summed E-state index contributed by atoms with van der Waals surface area (Å²) in [7, 11) is 0. The van der Waals surface area contributed by atoms with E-state index in [2.05, 4.69) is 19.1 Å². The topological polar surface area (TPSA) is 46.5 Å². The molecule has 0 saturated carbocycles. The van der Waals surface area contributed by atoms with Crippen LogP contribution in [0.15, 0.2) is 12.2 Å². The maximum atomic E-state index is 11.9. The van der Waals surface area contributed by atoms with Gasteiger partial charge in [0.05, 0.1) is 6.61 Å². The summed E-state index contributed by atoms with van der Waals surface area (Å²) in [6.07, 6.45) is 38.4. The van der Waals surface area contributed by atoms with Crippen molar-refractivity contribution < 1.29 is 14.6 Å². The average molecular weight is 509 g/mol. The first-order valence-corrected chi connectivity index (χ1v) is 16.2. The summed E-state index contributed by atoms with van der Waals surface area (Å²) < 4.78 is 5.40. The molecule has 0 heterocycles. The summed E-state index contributed by atoms with van der Waals surface area (Å²) in [5.74, 6) is 0.00575. The standard InChI is InChI=1S/C33H64O3/c1-2-3-4-5-6-7-8-9-10-11-12-13-15-18-21-24-27-30-33(35)36-32-29-26-23-20-17-14-16-19-22-25-28-31-34/h7-8,34H,2-6,9-32H2,1H3. The molecule has 0 aliphatic rings. The number of allylic oxidation sites excluding steroid dienone is 2. The van der Waals surface area contributed by atoms with E-state index in [0.29, 0.717) is 19.6 Å². The van der Waals surface area contributed by atoms with Crippen LogP contribution < -0.4 is 0 Å². The minimum Gasteiger partial charge on any atom is -0.466 e. The van der Waals surface area contributed by atoms with Crippen molar-refractivity contribution in [2.24, 2.45) is 0 Å². The summed E-state index contributed by atoms with van der Waals surface area (Å²) in [6, 6.07) is 0. The molecule has 0 rings (SSSR count). The van der Waals surface area contributed by atoms with E-state index in [1.165, 1.54) is 148 Å². The third-order valence-corrected chi connectivity index (χ3v) is 7.21. The van der Waals surface area contributed by atoms with E-state index in [1.807, 2.05) is 0 Å². The number of hydrogen-bond donors (Lipinski definition) is 1. The van der Waals surface area contributed by atoms with Crippen LogP contribution in [0.5, 0.6) is 0 Å². The van der Waals surface area contributed by atoms with Gasteiger partial charge in [-0.2, -0.15) is 0 Å². The zero-order valence-corrected chi connectivity index (χ0v) is 24.4. The predicted molar refractivity (Wildman–Crippen MR) is 158 cm³/mol. The molecule has 0 spiro atoms. The van der Waals surface area contributed by atoms with Gasteiger partial charge in [0.15, 0.2) is 0 Å². The monoisotopic (exact) mass is 508 g/mol. The highest BCUT2D eigenvalue weighted by atomic mass is 16.5. The fourth-order valence-electron chi connectivity index (χ4n) is 4.76. The Balaban J connectivity index is 3.17. The molecule has 0 radical (unpaired) electrons. The molecule has 0 aliphatic carbocycles. The molecule has 0 saturated heterocycles. The van der Waals surface area contributed by atoms with Gasteiger partial charge in [-0.05, 0) is 44.9 Å². The van der Waals surface area contributed by atoms with Crippen molar-refractivity contribution in [1.82, 2.24) is 0 Å². The molecule has 0 unspecified atom stereocenters. The second kappa shape index (κ2) is 32.2. The van der Waals surface area contributed by atoms with Crippen molar-refractivity contribution >= 4 is 5.97 Å². The second-order valence-corrected chi connectivity index (χ2v) is 10.9. The summed E-state index contributed by atoms with van der Waals surface area (Å²) in [5, 5.41) is 8.76. The first kappa shape index (κ1) is 35.2. The zero-order valence-electron chi connectivity index (χ0n) is 24.4. The van der Waals surface area contributed by atoms with Gasteiger partial charge in [0, 0.05) is 13.0 Å². The van der Waals surface area contributed by atoms with Gasteiger partial charge in [-0.15, -0.1) is 0 Å². The fraction of sp³-hybridized carbons (Fsp3) is 0.909. The van der Waals surface area contributed by atoms with Crippen LogP contribution in [0.4, 0.5) is 0 Å². The maximum absolute atomic E-state index is 11.9. The van der Waals surface area contributed by atoms with E-state index in [4.69, 9.17) is 9.84 Å². The molecule has 0 atom stereocenters. The van der Waals surface area contributed by atoms with E-state index in [9.17, 15) is 4.79 Å². The van der Waals surface area contributed by atoms with Gasteiger partial charge in [0.25, 0.3) is 0 Å². The van der Waals surface area contributed by atoms with Crippen LogP contribution in [0.2, 0.25) is 0 Å². The van der Waals surface area contributed by atoms with E-state index < -0.39 is 0 Å². The smallest absolute Gasteiger partial charge is 0.305 e. The number of aliphatic hydroxyl groups is 1. The highest BCUT2D eigenvalue weighted by molar-refractivity contribution is 5.69. The van der Waals surface area contributed by atoms with Crippen LogP contribution in [-0.4, -0.2) is 24.3 Å². The van der Waals surface area contributed by atoms with Crippen molar-refractivity contribution in [1.29, 1.82) is 0 Å². The molecule has 1 N–H and O–H groups in total. The average Bonchev–Trinajstić information content (AvgIpc) is 2.88. The lowest BCUT2D eigenvalue weighted by molar-refractivity contribution is -0.143. The number of carbonyl (C=O) groups excluding carboxylic acids is 1. The number of unbranched alkanes of at least 4 members (excludes halogenated alkanes) is 23. The Kier molecular flexibility index (Phi) is 31.5. The Bertz CT molecular complexity index is 446. The van der Waals surface area contributed by atoms with Gasteiger partial charge >= 0.3 is 5.97 Å². The van der Waals surface area contributed by atoms with Crippen molar-refractivity contribution in [3.8, 4) is 0 Å². The molecular formula is C33H64O3. The van der Waals surface area contributed by atoms with Gasteiger partial charge in [-0.3, -0.25) is 4.79 Å². The quantitative estimate of drug-likeness (QED) is 0.0596. The van der Waals surface area contributed by atoms with Crippen LogP contribution in [0, 0.1) is 0 Å². The van der Waals surface area contributed by atoms with Crippen LogP contribution in [0.1, 0.15) is 180 Å². The predicted octanol–water partition coefficient (Wildman–Crippen LogP) is 10.6. The normalized spacial score (nSPS) is 11.5. The van der Waals surface area contributed by atoms with Gasteiger partial charge in [0.1, 0.15) is 0 Å². The first-order chi connectivity index (χ1) is 17.8. The number of hydrogen-bond acceptors (Lipinski definition) is 3. The lowest BCUT2D eigenvalue weighted by Crippen LogP contribution is -2.05. The third kappa shape index (κ3) is 31.2. The number of aliphatic hydroxyl groups excluding tert-OH is 1. The number of rotatable bonds is 30. The number of esters is 1. The van der Waals surface area contributed by atoms with Crippen molar-refractivity contribution in [3.63, 3.8) is 0 Å². The molecule has 36 heavy (non-hydrogen) atoms. The SMILES string of the molecule is CCCCCCC=CCCCCCCCCCCCC(=O)OCCCCCCCCCCCCCO. The molecule has 0 bridgehead atoms. The van der Waals surface area contributed by atoms with Gasteiger partial charge in [-0.25, -0.2) is 0 Å².